The second-order valence-electron chi connectivity index (χ2n) is 3.87. The molecule has 0 fully saturated rings. The lowest BCUT2D eigenvalue weighted by Crippen LogP contribution is -1.94. The van der Waals surface area contributed by atoms with Gasteiger partial charge < -0.3 is 0 Å². The third kappa shape index (κ3) is 2.11. The van der Waals surface area contributed by atoms with Crippen molar-refractivity contribution >= 4 is 6.29 Å². The second kappa shape index (κ2) is 4.49. The van der Waals surface area contributed by atoms with Gasteiger partial charge >= 0.3 is 0 Å². The van der Waals surface area contributed by atoms with Crippen LogP contribution in [0.25, 0.3) is 11.3 Å². The molecule has 0 unspecified atom stereocenters. The number of benzene rings is 1. The molecule has 0 bridgehead atoms. The van der Waals surface area contributed by atoms with Crippen molar-refractivity contribution in [3.63, 3.8) is 0 Å². The van der Waals surface area contributed by atoms with E-state index in [1.54, 1.807) is 29.9 Å². The van der Waals surface area contributed by atoms with Crippen LogP contribution in [0.4, 0.5) is 4.39 Å². The van der Waals surface area contributed by atoms with Gasteiger partial charge in [0, 0.05) is 18.3 Å². The van der Waals surface area contributed by atoms with Gasteiger partial charge in [-0.2, -0.15) is 5.10 Å². The molecule has 1 aromatic carbocycles. The van der Waals surface area contributed by atoms with E-state index >= 15 is 0 Å². The van der Waals surface area contributed by atoms with Gasteiger partial charge in [0.2, 0.25) is 0 Å². The summed E-state index contributed by atoms with van der Waals surface area (Å²) in [5.74, 6) is -0.253. The predicted octanol–water partition coefficient (Wildman–Crippen LogP) is 2.83. The van der Waals surface area contributed by atoms with E-state index in [0.29, 0.717) is 23.4 Å². The molecular formula is C13H13FN2O. The first-order chi connectivity index (χ1) is 8.15. The van der Waals surface area contributed by atoms with Crippen LogP contribution in [-0.2, 0) is 6.54 Å². The molecule has 0 saturated carbocycles. The standard InChI is InChI=1S/C13H13FN2O/c1-3-16-7-11(8-17)13(15-16)10-4-5-12(14)9(2)6-10/h4-8H,3H2,1-2H3. The van der Waals surface area contributed by atoms with Crippen molar-refractivity contribution in [3.8, 4) is 11.3 Å². The van der Waals surface area contributed by atoms with E-state index in [4.69, 9.17) is 0 Å². The zero-order valence-electron chi connectivity index (χ0n) is 9.77. The van der Waals surface area contributed by atoms with Gasteiger partial charge in [0.15, 0.2) is 6.29 Å². The molecule has 0 aliphatic heterocycles. The van der Waals surface area contributed by atoms with Crippen LogP contribution >= 0.6 is 0 Å². The molecular weight excluding hydrogens is 219 g/mol. The van der Waals surface area contributed by atoms with Crippen LogP contribution in [0.2, 0.25) is 0 Å². The monoisotopic (exact) mass is 232 g/mol. The first-order valence-electron chi connectivity index (χ1n) is 5.45. The molecule has 17 heavy (non-hydrogen) atoms. The minimum absolute atomic E-state index is 0.253. The molecule has 0 aliphatic carbocycles. The average Bonchev–Trinajstić information content (AvgIpc) is 2.76. The highest BCUT2D eigenvalue weighted by Gasteiger charge is 2.11. The van der Waals surface area contributed by atoms with Crippen molar-refractivity contribution < 1.29 is 9.18 Å². The number of aromatic nitrogens is 2. The van der Waals surface area contributed by atoms with Crippen LogP contribution in [0.1, 0.15) is 22.8 Å². The van der Waals surface area contributed by atoms with E-state index in [0.717, 1.165) is 11.8 Å². The zero-order chi connectivity index (χ0) is 12.4. The van der Waals surface area contributed by atoms with Crippen molar-refractivity contribution in [2.45, 2.75) is 20.4 Å². The Labute approximate surface area is 98.9 Å². The summed E-state index contributed by atoms with van der Waals surface area (Å²) < 4.78 is 14.9. The maximum atomic E-state index is 13.2. The summed E-state index contributed by atoms with van der Waals surface area (Å²) in [6.07, 6.45) is 2.47. The van der Waals surface area contributed by atoms with Gasteiger partial charge in [0.1, 0.15) is 11.5 Å². The molecule has 2 rings (SSSR count). The molecule has 4 heteroatoms. The van der Waals surface area contributed by atoms with Gasteiger partial charge in [0.05, 0.1) is 5.56 Å². The lowest BCUT2D eigenvalue weighted by Gasteiger charge is -2.01. The number of hydrogen-bond donors (Lipinski definition) is 0. The highest BCUT2D eigenvalue weighted by atomic mass is 19.1. The van der Waals surface area contributed by atoms with E-state index in [1.807, 2.05) is 6.92 Å². The molecule has 0 spiro atoms. The second-order valence-corrected chi connectivity index (χ2v) is 3.87. The Morgan fingerprint density at radius 2 is 2.24 bits per heavy atom. The van der Waals surface area contributed by atoms with Gasteiger partial charge in [-0.15, -0.1) is 0 Å². The SMILES string of the molecule is CCn1cc(C=O)c(-c2ccc(F)c(C)c2)n1. The highest BCUT2D eigenvalue weighted by molar-refractivity contribution is 5.85. The molecule has 0 saturated heterocycles. The largest absolute Gasteiger partial charge is 0.298 e. The molecule has 0 atom stereocenters. The topological polar surface area (TPSA) is 34.9 Å². The maximum absolute atomic E-state index is 13.2. The van der Waals surface area contributed by atoms with E-state index in [1.165, 1.54) is 6.07 Å². The van der Waals surface area contributed by atoms with Crippen molar-refractivity contribution in [3.05, 3.63) is 41.3 Å². The number of carbonyl (C=O) groups is 1. The number of rotatable bonds is 3. The van der Waals surface area contributed by atoms with E-state index in [2.05, 4.69) is 5.10 Å². The van der Waals surface area contributed by atoms with Crippen molar-refractivity contribution in [1.82, 2.24) is 9.78 Å². The number of hydrogen-bond acceptors (Lipinski definition) is 2. The third-order valence-electron chi connectivity index (χ3n) is 2.67. The Morgan fingerprint density at radius 1 is 1.47 bits per heavy atom. The summed E-state index contributed by atoms with van der Waals surface area (Å²) in [7, 11) is 0. The van der Waals surface area contributed by atoms with Crippen molar-refractivity contribution in [1.29, 1.82) is 0 Å². The van der Waals surface area contributed by atoms with Crippen molar-refractivity contribution in [2.24, 2.45) is 0 Å². The molecule has 0 N–H and O–H groups in total. The molecule has 0 amide bonds. The predicted molar refractivity (Wildman–Crippen MR) is 63.4 cm³/mol. The number of aldehydes is 1. The lowest BCUT2D eigenvalue weighted by atomic mass is 10.1. The molecule has 1 heterocycles. The fraction of sp³-hybridized carbons (Fsp3) is 0.231. The van der Waals surface area contributed by atoms with Crippen LogP contribution < -0.4 is 0 Å². The summed E-state index contributed by atoms with van der Waals surface area (Å²) in [5.41, 5.74) is 2.44. The Kier molecular flexibility index (Phi) is 3.04. The van der Waals surface area contributed by atoms with Crippen LogP contribution in [0, 0.1) is 12.7 Å². The smallest absolute Gasteiger partial charge is 0.153 e. The van der Waals surface area contributed by atoms with Crippen LogP contribution in [0.15, 0.2) is 24.4 Å². The lowest BCUT2D eigenvalue weighted by molar-refractivity contribution is 0.112. The Bertz CT molecular complexity index is 561. The minimum Gasteiger partial charge on any atom is -0.298 e. The van der Waals surface area contributed by atoms with Crippen LogP contribution in [0.5, 0.6) is 0 Å². The Hall–Kier alpha value is -1.97. The number of nitrogens with zero attached hydrogens (tertiary/aromatic N) is 2. The van der Waals surface area contributed by atoms with E-state index in [9.17, 15) is 9.18 Å². The third-order valence-corrected chi connectivity index (χ3v) is 2.67. The van der Waals surface area contributed by atoms with Crippen LogP contribution in [0.3, 0.4) is 0 Å². The molecule has 3 nitrogen and oxygen atoms in total. The summed E-state index contributed by atoms with van der Waals surface area (Å²) in [6, 6.07) is 4.73. The first-order valence-corrected chi connectivity index (χ1v) is 5.45. The Morgan fingerprint density at radius 3 is 2.82 bits per heavy atom. The van der Waals surface area contributed by atoms with Gasteiger partial charge in [0.25, 0.3) is 0 Å². The van der Waals surface area contributed by atoms with E-state index in [-0.39, 0.29) is 5.82 Å². The van der Waals surface area contributed by atoms with Gasteiger partial charge in [-0.1, -0.05) is 0 Å². The minimum atomic E-state index is -0.253. The number of aryl methyl sites for hydroxylation is 2. The zero-order valence-corrected chi connectivity index (χ0v) is 9.77. The average molecular weight is 232 g/mol. The Balaban J connectivity index is 2.54. The first kappa shape index (κ1) is 11.5. The quantitative estimate of drug-likeness (QED) is 0.763. The highest BCUT2D eigenvalue weighted by Crippen LogP contribution is 2.23. The van der Waals surface area contributed by atoms with Crippen LogP contribution in [-0.4, -0.2) is 16.1 Å². The number of carbonyl (C=O) groups excluding carboxylic acids is 1. The molecule has 2 aromatic rings. The summed E-state index contributed by atoms with van der Waals surface area (Å²) in [6.45, 7) is 4.33. The maximum Gasteiger partial charge on any atom is 0.153 e. The molecule has 1 aromatic heterocycles. The van der Waals surface area contributed by atoms with Gasteiger partial charge in [-0.3, -0.25) is 9.48 Å². The molecule has 0 radical (unpaired) electrons. The van der Waals surface area contributed by atoms with E-state index < -0.39 is 0 Å². The number of halogens is 1. The van der Waals surface area contributed by atoms with Crippen molar-refractivity contribution in [2.75, 3.05) is 0 Å². The fourth-order valence-corrected chi connectivity index (χ4v) is 1.70. The normalized spacial score (nSPS) is 10.5. The van der Waals surface area contributed by atoms with Gasteiger partial charge in [-0.05, 0) is 37.6 Å². The fourth-order valence-electron chi connectivity index (χ4n) is 1.70. The molecule has 0 aliphatic rings. The summed E-state index contributed by atoms with van der Waals surface area (Å²) in [4.78, 5) is 11.0. The summed E-state index contributed by atoms with van der Waals surface area (Å²) >= 11 is 0. The molecule has 88 valence electrons. The van der Waals surface area contributed by atoms with Gasteiger partial charge in [-0.25, -0.2) is 4.39 Å². The summed E-state index contributed by atoms with van der Waals surface area (Å²) in [5, 5.41) is 4.30.